The van der Waals surface area contributed by atoms with Crippen molar-refractivity contribution in [3.8, 4) is 0 Å². The van der Waals surface area contributed by atoms with Crippen LogP contribution in [0.15, 0.2) is 54.6 Å². The Kier molecular flexibility index (Phi) is 4.45. The summed E-state index contributed by atoms with van der Waals surface area (Å²) in [5.41, 5.74) is 2.04. The van der Waals surface area contributed by atoms with Crippen molar-refractivity contribution in [1.82, 2.24) is 5.32 Å². The Hall–Kier alpha value is -1.71. The van der Waals surface area contributed by atoms with Crippen molar-refractivity contribution in [3.63, 3.8) is 0 Å². The number of nitrogens with one attached hydrogen (secondary N) is 1. The minimum absolute atomic E-state index is 0.0154. The van der Waals surface area contributed by atoms with E-state index in [9.17, 15) is 9.50 Å². The van der Waals surface area contributed by atoms with Crippen LogP contribution in [0.5, 0.6) is 0 Å². The predicted molar refractivity (Wildman–Crippen MR) is 69.5 cm³/mol. The minimum Gasteiger partial charge on any atom is -0.394 e. The Balaban J connectivity index is 1.99. The van der Waals surface area contributed by atoms with Crippen molar-refractivity contribution in [2.75, 3.05) is 6.61 Å². The topological polar surface area (TPSA) is 32.3 Å². The molecule has 2 rings (SSSR count). The Morgan fingerprint density at radius 2 is 1.67 bits per heavy atom. The molecule has 0 heterocycles. The van der Waals surface area contributed by atoms with Gasteiger partial charge in [0, 0.05) is 6.54 Å². The number of aliphatic hydroxyl groups is 1. The van der Waals surface area contributed by atoms with Crippen molar-refractivity contribution in [3.05, 3.63) is 71.5 Å². The first-order chi connectivity index (χ1) is 8.79. The van der Waals surface area contributed by atoms with E-state index in [1.807, 2.05) is 30.3 Å². The molecule has 0 saturated carbocycles. The number of benzene rings is 2. The SMILES string of the molecule is OC[C@H](NCc1ccccc1)c1ccc(F)cc1. The molecule has 2 aromatic carbocycles. The molecule has 0 bridgehead atoms. The van der Waals surface area contributed by atoms with Crippen LogP contribution >= 0.6 is 0 Å². The first kappa shape index (κ1) is 12.7. The van der Waals surface area contributed by atoms with Crippen molar-refractivity contribution in [2.24, 2.45) is 0 Å². The van der Waals surface area contributed by atoms with Crippen LogP contribution in [-0.2, 0) is 6.54 Å². The maximum absolute atomic E-state index is 12.8. The zero-order valence-electron chi connectivity index (χ0n) is 10.0. The second-order valence-corrected chi connectivity index (χ2v) is 4.15. The van der Waals surface area contributed by atoms with Gasteiger partial charge in [-0.3, -0.25) is 0 Å². The molecule has 0 saturated heterocycles. The van der Waals surface area contributed by atoms with Crippen molar-refractivity contribution >= 4 is 0 Å². The van der Waals surface area contributed by atoms with Gasteiger partial charge in [-0.05, 0) is 23.3 Å². The molecule has 2 aromatic rings. The maximum atomic E-state index is 12.8. The number of aliphatic hydroxyl groups excluding tert-OH is 1. The quantitative estimate of drug-likeness (QED) is 0.848. The van der Waals surface area contributed by atoms with E-state index in [2.05, 4.69) is 5.32 Å². The van der Waals surface area contributed by atoms with Gasteiger partial charge in [-0.25, -0.2) is 4.39 Å². The summed E-state index contributed by atoms with van der Waals surface area (Å²) in [6.45, 7) is 0.655. The van der Waals surface area contributed by atoms with E-state index in [0.717, 1.165) is 11.1 Å². The lowest BCUT2D eigenvalue weighted by atomic mass is 10.1. The summed E-state index contributed by atoms with van der Waals surface area (Å²) < 4.78 is 12.8. The van der Waals surface area contributed by atoms with Crippen molar-refractivity contribution < 1.29 is 9.50 Å². The average molecular weight is 245 g/mol. The summed E-state index contributed by atoms with van der Waals surface area (Å²) in [6, 6.07) is 16.0. The summed E-state index contributed by atoms with van der Waals surface area (Å²) in [5.74, 6) is -0.265. The summed E-state index contributed by atoms with van der Waals surface area (Å²) in [6.07, 6.45) is 0. The van der Waals surface area contributed by atoms with Gasteiger partial charge in [-0.2, -0.15) is 0 Å². The number of rotatable bonds is 5. The summed E-state index contributed by atoms with van der Waals surface area (Å²) in [7, 11) is 0. The lowest BCUT2D eigenvalue weighted by molar-refractivity contribution is 0.243. The highest BCUT2D eigenvalue weighted by molar-refractivity contribution is 5.21. The molecular formula is C15H16FNO. The first-order valence-corrected chi connectivity index (χ1v) is 5.93. The second-order valence-electron chi connectivity index (χ2n) is 4.15. The molecule has 0 aliphatic carbocycles. The molecule has 3 heteroatoms. The smallest absolute Gasteiger partial charge is 0.123 e. The standard InChI is InChI=1S/C15H16FNO/c16-14-8-6-13(7-9-14)15(11-18)17-10-12-4-2-1-3-5-12/h1-9,15,17-18H,10-11H2/t15-/m0/s1. The molecule has 18 heavy (non-hydrogen) atoms. The third kappa shape index (κ3) is 3.39. The molecule has 0 radical (unpaired) electrons. The van der Waals surface area contributed by atoms with E-state index < -0.39 is 0 Å². The fourth-order valence-corrected chi connectivity index (χ4v) is 1.82. The van der Waals surface area contributed by atoms with Gasteiger partial charge in [0.15, 0.2) is 0 Å². The molecule has 94 valence electrons. The molecule has 0 fully saturated rings. The van der Waals surface area contributed by atoms with Crippen LogP contribution < -0.4 is 5.32 Å². The maximum Gasteiger partial charge on any atom is 0.123 e. The van der Waals surface area contributed by atoms with Gasteiger partial charge in [0.05, 0.1) is 12.6 Å². The lowest BCUT2D eigenvalue weighted by Crippen LogP contribution is -2.23. The Labute approximate surface area is 106 Å². The molecule has 0 aromatic heterocycles. The first-order valence-electron chi connectivity index (χ1n) is 5.93. The van der Waals surface area contributed by atoms with Gasteiger partial charge in [0.25, 0.3) is 0 Å². The third-order valence-electron chi connectivity index (χ3n) is 2.85. The second kappa shape index (κ2) is 6.28. The number of halogens is 1. The van der Waals surface area contributed by atoms with E-state index in [1.54, 1.807) is 12.1 Å². The van der Waals surface area contributed by atoms with Crippen LogP contribution in [0.4, 0.5) is 4.39 Å². The van der Waals surface area contributed by atoms with Gasteiger partial charge in [-0.15, -0.1) is 0 Å². The zero-order valence-corrected chi connectivity index (χ0v) is 10.0. The van der Waals surface area contributed by atoms with E-state index in [4.69, 9.17) is 0 Å². The summed E-state index contributed by atoms with van der Waals surface area (Å²) >= 11 is 0. The largest absolute Gasteiger partial charge is 0.394 e. The van der Waals surface area contributed by atoms with Crippen LogP contribution in [0.1, 0.15) is 17.2 Å². The number of hydrogen-bond donors (Lipinski definition) is 2. The Bertz CT molecular complexity index is 470. The highest BCUT2D eigenvalue weighted by Gasteiger charge is 2.09. The van der Waals surface area contributed by atoms with Crippen LogP contribution in [-0.4, -0.2) is 11.7 Å². The minimum atomic E-state index is -0.265. The van der Waals surface area contributed by atoms with Crippen LogP contribution in [0.3, 0.4) is 0 Å². The summed E-state index contributed by atoms with van der Waals surface area (Å²) in [5, 5.41) is 12.6. The fraction of sp³-hybridized carbons (Fsp3) is 0.200. The van der Waals surface area contributed by atoms with Crippen LogP contribution in [0, 0.1) is 5.82 Å². The molecule has 0 aliphatic heterocycles. The highest BCUT2D eigenvalue weighted by Crippen LogP contribution is 2.14. The molecule has 0 unspecified atom stereocenters. The lowest BCUT2D eigenvalue weighted by Gasteiger charge is -2.16. The van der Waals surface area contributed by atoms with Gasteiger partial charge in [0.1, 0.15) is 5.82 Å². The molecule has 0 spiro atoms. The van der Waals surface area contributed by atoms with Crippen molar-refractivity contribution in [1.29, 1.82) is 0 Å². The van der Waals surface area contributed by atoms with E-state index in [-0.39, 0.29) is 18.5 Å². The van der Waals surface area contributed by atoms with E-state index in [0.29, 0.717) is 6.54 Å². The molecule has 1 atom stereocenters. The molecule has 0 amide bonds. The normalized spacial score (nSPS) is 12.3. The van der Waals surface area contributed by atoms with Crippen LogP contribution in [0.25, 0.3) is 0 Å². The monoisotopic (exact) mass is 245 g/mol. The fourth-order valence-electron chi connectivity index (χ4n) is 1.82. The Morgan fingerprint density at radius 3 is 2.28 bits per heavy atom. The Morgan fingerprint density at radius 1 is 1.00 bits per heavy atom. The number of hydrogen-bond acceptors (Lipinski definition) is 2. The molecular weight excluding hydrogens is 229 g/mol. The molecule has 2 nitrogen and oxygen atoms in total. The highest BCUT2D eigenvalue weighted by atomic mass is 19.1. The van der Waals surface area contributed by atoms with Gasteiger partial charge < -0.3 is 10.4 Å². The predicted octanol–water partition coefficient (Wildman–Crippen LogP) is 2.65. The van der Waals surface area contributed by atoms with E-state index >= 15 is 0 Å². The van der Waals surface area contributed by atoms with Crippen molar-refractivity contribution in [2.45, 2.75) is 12.6 Å². The van der Waals surface area contributed by atoms with Gasteiger partial charge >= 0.3 is 0 Å². The third-order valence-corrected chi connectivity index (χ3v) is 2.85. The molecule has 0 aliphatic rings. The molecule has 2 N–H and O–H groups in total. The van der Waals surface area contributed by atoms with Gasteiger partial charge in [0.2, 0.25) is 0 Å². The van der Waals surface area contributed by atoms with Crippen LogP contribution in [0.2, 0.25) is 0 Å². The zero-order chi connectivity index (χ0) is 12.8. The summed E-state index contributed by atoms with van der Waals surface area (Å²) in [4.78, 5) is 0. The van der Waals surface area contributed by atoms with Gasteiger partial charge in [-0.1, -0.05) is 42.5 Å². The average Bonchev–Trinajstić information content (AvgIpc) is 2.42. The van der Waals surface area contributed by atoms with E-state index in [1.165, 1.54) is 12.1 Å².